The molecule has 1 N–H and O–H groups in total. The Kier molecular flexibility index (Phi) is 3.93. The summed E-state index contributed by atoms with van der Waals surface area (Å²) in [6.45, 7) is 1.07. The van der Waals surface area contributed by atoms with Gasteiger partial charge in [-0.15, -0.1) is 11.3 Å². The lowest BCUT2D eigenvalue weighted by Crippen LogP contribution is -2.40. The van der Waals surface area contributed by atoms with Gasteiger partial charge in [0.25, 0.3) is 5.91 Å². The maximum Gasteiger partial charge on any atom is 0.271 e. The fourth-order valence-corrected chi connectivity index (χ4v) is 2.54. The Morgan fingerprint density at radius 3 is 3.11 bits per heavy atom. The number of thiazole rings is 1. The van der Waals surface area contributed by atoms with Crippen LogP contribution >= 0.6 is 11.3 Å². The Bertz CT molecular complexity index is 460. The molecule has 18 heavy (non-hydrogen) atoms. The number of carbonyl (C=O) groups excluding carboxylic acids is 2. The third-order valence-corrected chi connectivity index (χ3v) is 3.61. The third-order valence-electron chi connectivity index (χ3n) is 2.79. The van der Waals surface area contributed by atoms with Crippen LogP contribution in [0.3, 0.4) is 0 Å². The number of carbonyl (C=O) groups is 2. The van der Waals surface area contributed by atoms with E-state index in [1.807, 2.05) is 0 Å². The molecule has 0 radical (unpaired) electrons. The van der Waals surface area contributed by atoms with Gasteiger partial charge >= 0.3 is 0 Å². The lowest BCUT2D eigenvalue weighted by atomic mass is 10.2. The van der Waals surface area contributed by atoms with E-state index in [1.54, 1.807) is 24.4 Å². The number of aromatic nitrogens is 1. The number of amides is 2. The first kappa shape index (κ1) is 13.0. The van der Waals surface area contributed by atoms with Crippen LogP contribution in [0.2, 0.25) is 0 Å². The molecule has 0 aliphatic carbocycles. The topological polar surface area (TPSA) is 71.5 Å². The molecule has 2 amide bonds. The summed E-state index contributed by atoms with van der Waals surface area (Å²) < 4.78 is 4.94. The summed E-state index contributed by atoms with van der Waals surface area (Å²) in [7, 11) is 3.31. The first-order valence-electron chi connectivity index (χ1n) is 5.61. The second kappa shape index (κ2) is 5.45. The largest absolute Gasteiger partial charge is 0.378 e. The average molecular weight is 269 g/mol. The van der Waals surface area contributed by atoms with Crippen LogP contribution in [0.25, 0.3) is 0 Å². The number of nitrogens with one attached hydrogen (secondary N) is 1. The molecule has 7 heteroatoms. The van der Waals surface area contributed by atoms with Gasteiger partial charge in [-0.3, -0.25) is 9.59 Å². The number of hydrogen-bond acceptors (Lipinski definition) is 5. The van der Waals surface area contributed by atoms with Crippen molar-refractivity contribution >= 4 is 23.2 Å². The van der Waals surface area contributed by atoms with Gasteiger partial charge in [-0.05, 0) is 6.42 Å². The number of likely N-dealkylation sites (tertiary alicyclic amines) is 1. The molecule has 1 aromatic heterocycles. The van der Waals surface area contributed by atoms with Crippen molar-refractivity contribution in [3.63, 3.8) is 0 Å². The Labute approximate surface area is 109 Å². The van der Waals surface area contributed by atoms with Gasteiger partial charge < -0.3 is 15.0 Å². The van der Waals surface area contributed by atoms with Gasteiger partial charge in [-0.25, -0.2) is 4.98 Å². The molecule has 2 rings (SSSR count). The minimum Gasteiger partial charge on any atom is -0.378 e. The smallest absolute Gasteiger partial charge is 0.271 e. The highest BCUT2D eigenvalue weighted by molar-refractivity contribution is 7.09. The summed E-state index contributed by atoms with van der Waals surface area (Å²) in [5.74, 6) is -0.349. The minimum absolute atomic E-state index is 0.0457. The molecule has 0 aromatic carbocycles. The first-order valence-corrected chi connectivity index (χ1v) is 6.49. The molecule has 1 atom stereocenters. The number of ether oxygens (including phenoxy) is 1. The standard InChI is InChI=1S/C11H15N3O3S/c1-14-4-3-7(11(14)16)13-10(15)8-6-18-9(12-8)5-17-2/h6-7H,3-5H2,1-2H3,(H,13,15). The molecule has 1 aliphatic rings. The van der Waals surface area contributed by atoms with Gasteiger partial charge in [-0.1, -0.05) is 0 Å². The van der Waals surface area contributed by atoms with Gasteiger partial charge in [-0.2, -0.15) is 0 Å². The zero-order chi connectivity index (χ0) is 13.1. The lowest BCUT2D eigenvalue weighted by molar-refractivity contribution is -0.128. The van der Waals surface area contributed by atoms with E-state index in [2.05, 4.69) is 10.3 Å². The molecule has 0 spiro atoms. The zero-order valence-electron chi connectivity index (χ0n) is 10.3. The van der Waals surface area contributed by atoms with Crippen LogP contribution in [0.5, 0.6) is 0 Å². The average Bonchev–Trinajstić information content (AvgIpc) is 2.92. The summed E-state index contributed by atoms with van der Waals surface area (Å²) in [6, 6.07) is -0.421. The molecule has 0 saturated carbocycles. The van der Waals surface area contributed by atoms with E-state index in [0.29, 0.717) is 25.3 Å². The summed E-state index contributed by atoms with van der Waals surface area (Å²) in [4.78, 5) is 29.3. The molecule has 0 bridgehead atoms. The maximum atomic E-state index is 11.9. The van der Waals surface area contributed by atoms with Gasteiger partial charge in [0.2, 0.25) is 5.91 Å². The normalized spacial score (nSPS) is 19.3. The highest BCUT2D eigenvalue weighted by Gasteiger charge is 2.30. The van der Waals surface area contributed by atoms with Crippen molar-refractivity contribution in [3.05, 3.63) is 16.1 Å². The first-order chi connectivity index (χ1) is 8.61. The Balaban J connectivity index is 1.97. The highest BCUT2D eigenvalue weighted by Crippen LogP contribution is 2.13. The van der Waals surface area contributed by atoms with Gasteiger partial charge in [0, 0.05) is 26.1 Å². The fraction of sp³-hybridized carbons (Fsp3) is 0.545. The Morgan fingerprint density at radius 1 is 1.72 bits per heavy atom. The molecular weight excluding hydrogens is 254 g/mol. The van der Waals surface area contributed by atoms with Crippen LogP contribution in [0.15, 0.2) is 5.38 Å². The van der Waals surface area contributed by atoms with Crippen molar-refractivity contribution < 1.29 is 14.3 Å². The van der Waals surface area contributed by atoms with Crippen molar-refractivity contribution in [2.45, 2.75) is 19.1 Å². The lowest BCUT2D eigenvalue weighted by Gasteiger charge is -2.11. The fourth-order valence-electron chi connectivity index (χ4n) is 1.79. The quantitative estimate of drug-likeness (QED) is 0.850. The molecule has 1 saturated heterocycles. The number of likely N-dealkylation sites (N-methyl/N-ethyl adjacent to an activating group) is 1. The summed E-state index contributed by atoms with van der Waals surface area (Å²) in [6.07, 6.45) is 0.649. The van der Waals surface area contributed by atoms with Crippen molar-refractivity contribution in [2.75, 3.05) is 20.7 Å². The summed E-state index contributed by atoms with van der Waals surface area (Å²) >= 11 is 1.37. The van der Waals surface area contributed by atoms with Crippen molar-refractivity contribution in [2.24, 2.45) is 0 Å². The highest BCUT2D eigenvalue weighted by atomic mass is 32.1. The van der Waals surface area contributed by atoms with Crippen molar-refractivity contribution in [1.82, 2.24) is 15.2 Å². The van der Waals surface area contributed by atoms with E-state index in [0.717, 1.165) is 5.01 Å². The van der Waals surface area contributed by atoms with Crippen LogP contribution in [0, 0.1) is 0 Å². The molecule has 98 valence electrons. The third kappa shape index (κ3) is 2.68. The predicted molar refractivity (Wildman–Crippen MR) is 66.3 cm³/mol. The maximum absolute atomic E-state index is 11.9. The van der Waals surface area contributed by atoms with Gasteiger partial charge in [0.15, 0.2) is 0 Å². The van der Waals surface area contributed by atoms with Crippen molar-refractivity contribution in [1.29, 1.82) is 0 Å². The summed E-state index contributed by atoms with van der Waals surface area (Å²) in [5, 5.41) is 5.13. The molecule has 6 nitrogen and oxygen atoms in total. The molecule has 1 aromatic rings. The van der Waals surface area contributed by atoms with E-state index in [9.17, 15) is 9.59 Å². The number of rotatable bonds is 4. The molecule has 1 aliphatic heterocycles. The molecule has 2 heterocycles. The van der Waals surface area contributed by atoms with E-state index in [4.69, 9.17) is 4.74 Å². The van der Waals surface area contributed by atoms with E-state index in [1.165, 1.54) is 11.3 Å². The molecular formula is C11H15N3O3S. The predicted octanol–water partition coefficient (Wildman–Crippen LogP) is 0.250. The van der Waals surface area contributed by atoms with Crippen LogP contribution < -0.4 is 5.32 Å². The van der Waals surface area contributed by atoms with Crippen LogP contribution in [0.1, 0.15) is 21.9 Å². The Morgan fingerprint density at radius 2 is 2.50 bits per heavy atom. The SMILES string of the molecule is COCc1nc(C(=O)NC2CCN(C)C2=O)cs1. The van der Waals surface area contributed by atoms with Crippen molar-refractivity contribution in [3.8, 4) is 0 Å². The zero-order valence-corrected chi connectivity index (χ0v) is 11.1. The molecule has 1 unspecified atom stereocenters. The minimum atomic E-state index is -0.421. The van der Waals surface area contributed by atoms with E-state index >= 15 is 0 Å². The monoisotopic (exact) mass is 269 g/mol. The second-order valence-electron chi connectivity index (χ2n) is 4.13. The number of nitrogens with zero attached hydrogens (tertiary/aromatic N) is 2. The second-order valence-corrected chi connectivity index (χ2v) is 5.08. The van der Waals surface area contributed by atoms with Gasteiger partial charge in [0.1, 0.15) is 16.7 Å². The van der Waals surface area contributed by atoms with E-state index < -0.39 is 6.04 Å². The van der Waals surface area contributed by atoms with E-state index in [-0.39, 0.29) is 11.8 Å². The van der Waals surface area contributed by atoms with Gasteiger partial charge in [0.05, 0.1) is 6.61 Å². The van der Waals surface area contributed by atoms with Crippen LogP contribution in [0.4, 0.5) is 0 Å². The molecule has 1 fully saturated rings. The number of methoxy groups -OCH3 is 1. The van der Waals surface area contributed by atoms with Crippen LogP contribution in [-0.2, 0) is 16.1 Å². The summed E-state index contributed by atoms with van der Waals surface area (Å²) in [5.41, 5.74) is 0.342. The number of hydrogen-bond donors (Lipinski definition) is 1. The Hall–Kier alpha value is -1.47. The van der Waals surface area contributed by atoms with Crippen LogP contribution in [-0.4, -0.2) is 48.4 Å².